The van der Waals surface area contributed by atoms with E-state index in [4.69, 9.17) is 4.74 Å². The van der Waals surface area contributed by atoms with Crippen molar-refractivity contribution in [2.75, 3.05) is 40.3 Å². The smallest absolute Gasteiger partial charge is 0.0724 e. The third-order valence-corrected chi connectivity index (χ3v) is 3.18. The molecular weight excluding hydrogens is 176 g/mol. The average Bonchev–Trinajstić information content (AvgIpc) is 2.21. The van der Waals surface area contributed by atoms with E-state index < -0.39 is 0 Å². The summed E-state index contributed by atoms with van der Waals surface area (Å²) in [4.78, 5) is 2.52. The van der Waals surface area contributed by atoms with Crippen LogP contribution in [0.2, 0.25) is 0 Å². The van der Waals surface area contributed by atoms with Gasteiger partial charge in [-0.1, -0.05) is 6.92 Å². The Bertz CT molecular complexity index is 152. The molecule has 0 bridgehead atoms. The van der Waals surface area contributed by atoms with E-state index in [1.807, 2.05) is 14.2 Å². The van der Waals surface area contributed by atoms with E-state index >= 15 is 0 Å². The minimum atomic E-state index is 0.443. The van der Waals surface area contributed by atoms with Crippen molar-refractivity contribution in [3.63, 3.8) is 0 Å². The molecule has 0 spiro atoms. The molecule has 14 heavy (non-hydrogen) atoms. The fourth-order valence-electron chi connectivity index (χ4n) is 2.09. The second-order valence-corrected chi connectivity index (χ2v) is 4.30. The van der Waals surface area contributed by atoms with Gasteiger partial charge < -0.3 is 15.0 Å². The lowest BCUT2D eigenvalue weighted by Crippen LogP contribution is -2.44. The maximum Gasteiger partial charge on any atom is 0.0724 e. The largest absolute Gasteiger partial charge is 0.380 e. The summed E-state index contributed by atoms with van der Waals surface area (Å²) in [5.41, 5.74) is 0. The van der Waals surface area contributed by atoms with Gasteiger partial charge in [0, 0.05) is 13.7 Å². The van der Waals surface area contributed by atoms with Crippen LogP contribution in [0.3, 0.4) is 0 Å². The van der Waals surface area contributed by atoms with Crippen LogP contribution in [-0.2, 0) is 4.74 Å². The Morgan fingerprint density at radius 3 is 2.93 bits per heavy atom. The average molecular weight is 200 g/mol. The van der Waals surface area contributed by atoms with Gasteiger partial charge in [-0.2, -0.15) is 0 Å². The molecule has 1 unspecified atom stereocenters. The molecule has 0 aliphatic carbocycles. The van der Waals surface area contributed by atoms with E-state index in [0.717, 1.165) is 19.0 Å². The molecule has 1 aliphatic heterocycles. The molecule has 3 nitrogen and oxygen atoms in total. The van der Waals surface area contributed by atoms with Crippen LogP contribution >= 0.6 is 0 Å². The van der Waals surface area contributed by atoms with Gasteiger partial charge in [0.05, 0.1) is 6.10 Å². The van der Waals surface area contributed by atoms with Crippen molar-refractivity contribution < 1.29 is 4.74 Å². The second-order valence-electron chi connectivity index (χ2n) is 4.30. The minimum Gasteiger partial charge on any atom is -0.380 e. The molecule has 1 aliphatic rings. The van der Waals surface area contributed by atoms with Gasteiger partial charge >= 0.3 is 0 Å². The number of piperidine rings is 1. The molecular formula is C11H24N2O. The topological polar surface area (TPSA) is 24.5 Å². The van der Waals surface area contributed by atoms with E-state index in [2.05, 4.69) is 17.1 Å². The molecule has 2 atom stereocenters. The first-order chi connectivity index (χ1) is 6.77. The Morgan fingerprint density at radius 2 is 2.29 bits per heavy atom. The molecule has 0 saturated carbocycles. The van der Waals surface area contributed by atoms with Crippen LogP contribution < -0.4 is 5.32 Å². The zero-order valence-corrected chi connectivity index (χ0v) is 9.75. The van der Waals surface area contributed by atoms with Crippen molar-refractivity contribution in [1.82, 2.24) is 10.2 Å². The molecule has 1 saturated heterocycles. The number of hydrogen-bond acceptors (Lipinski definition) is 3. The summed E-state index contributed by atoms with van der Waals surface area (Å²) in [6.07, 6.45) is 2.96. The van der Waals surface area contributed by atoms with Gasteiger partial charge in [0.25, 0.3) is 0 Å². The summed E-state index contributed by atoms with van der Waals surface area (Å²) in [5, 5.41) is 3.18. The Labute approximate surface area is 87.8 Å². The molecule has 1 heterocycles. The molecule has 0 aromatic carbocycles. The summed E-state index contributed by atoms with van der Waals surface area (Å²) in [6, 6.07) is 0. The Morgan fingerprint density at radius 1 is 1.50 bits per heavy atom. The Kier molecular flexibility index (Phi) is 5.45. The summed E-state index contributed by atoms with van der Waals surface area (Å²) < 4.78 is 5.48. The number of nitrogens with one attached hydrogen (secondary N) is 1. The second kappa shape index (κ2) is 6.38. The number of likely N-dealkylation sites (tertiary alicyclic amines) is 1. The highest BCUT2D eigenvalue weighted by Gasteiger charge is 2.25. The molecule has 0 radical (unpaired) electrons. The van der Waals surface area contributed by atoms with Crippen LogP contribution in [0.15, 0.2) is 0 Å². The van der Waals surface area contributed by atoms with Gasteiger partial charge in [0.2, 0.25) is 0 Å². The van der Waals surface area contributed by atoms with E-state index in [1.165, 1.54) is 25.9 Å². The summed E-state index contributed by atoms with van der Waals surface area (Å²) in [6.45, 7) is 6.96. The van der Waals surface area contributed by atoms with Gasteiger partial charge in [0.15, 0.2) is 0 Å². The zero-order chi connectivity index (χ0) is 10.4. The van der Waals surface area contributed by atoms with Crippen LogP contribution in [0.25, 0.3) is 0 Å². The van der Waals surface area contributed by atoms with Gasteiger partial charge in [-0.15, -0.1) is 0 Å². The van der Waals surface area contributed by atoms with E-state index in [-0.39, 0.29) is 0 Å². The van der Waals surface area contributed by atoms with Gasteiger partial charge in [-0.05, 0) is 45.4 Å². The fourth-order valence-corrected chi connectivity index (χ4v) is 2.09. The van der Waals surface area contributed by atoms with Crippen molar-refractivity contribution in [3.8, 4) is 0 Å². The maximum atomic E-state index is 5.48. The van der Waals surface area contributed by atoms with Gasteiger partial charge in [-0.25, -0.2) is 0 Å². The predicted molar refractivity (Wildman–Crippen MR) is 59.6 cm³/mol. The van der Waals surface area contributed by atoms with Crippen molar-refractivity contribution >= 4 is 0 Å². The van der Waals surface area contributed by atoms with Gasteiger partial charge in [-0.3, -0.25) is 0 Å². The van der Waals surface area contributed by atoms with Gasteiger partial charge in [0.1, 0.15) is 0 Å². The van der Waals surface area contributed by atoms with E-state index in [0.29, 0.717) is 6.10 Å². The normalized spacial score (nSPS) is 29.4. The van der Waals surface area contributed by atoms with E-state index in [9.17, 15) is 0 Å². The summed E-state index contributed by atoms with van der Waals surface area (Å²) >= 11 is 0. The Hall–Kier alpha value is -0.120. The SMILES string of the molecule is CNCCCN1CC[C@@H](C)C(OC)C1. The number of hydrogen-bond donors (Lipinski definition) is 1. The zero-order valence-electron chi connectivity index (χ0n) is 9.75. The van der Waals surface area contributed by atoms with Crippen LogP contribution in [0, 0.1) is 5.92 Å². The number of methoxy groups -OCH3 is 1. The first kappa shape index (κ1) is 12.0. The van der Waals surface area contributed by atoms with Crippen LogP contribution in [0.1, 0.15) is 19.8 Å². The number of ether oxygens (including phenoxy) is 1. The quantitative estimate of drug-likeness (QED) is 0.669. The molecule has 0 aromatic rings. The third-order valence-electron chi connectivity index (χ3n) is 3.18. The molecule has 0 aromatic heterocycles. The summed E-state index contributed by atoms with van der Waals surface area (Å²) in [5.74, 6) is 0.723. The lowest BCUT2D eigenvalue weighted by atomic mass is 9.96. The van der Waals surface area contributed by atoms with E-state index in [1.54, 1.807) is 0 Å². The standard InChI is InChI=1S/C11H24N2O/c1-10-5-8-13(7-4-6-12-2)9-11(10)14-3/h10-12H,4-9H2,1-3H3/t10-,11?/m1/s1. The monoisotopic (exact) mass is 200 g/mol. The van der Waals surface area contributed by atoms with Crippen molar-refractivity contribution in [1.29, 1.82) is 0 Å². The molecule has 84 valence electrons. The first-order valence-corrected chi connectivity index (χ1v) is 5.67. The number of nitrogens with zero attached hydrogens (tertiary/aromatic N) is 1. The maximum absolute atomic E-state index is 5.48. The highest BCUT2D eigenvalue weighted by molar-refractivity contribution is 4.78. The summed E-state index contributed by atoms with van der Waals surface area (Å²) in [7, 11) is 3.84. The highest BCUT2D eigenvalue weighted by Crippen LogP contribution is 2.19. The van der Waals surface area contributed by atoms with Crippen molar-refractivity contribution in [2.45, 2.75) is 25.9 Å². The molecule has 3 heteroatoms. The fraction of sp³-hybridized carbons (Fsp3) is 1.00. The first-order valence-electron chi connectivity index (χ1n) is 5.67. The predicted octanol–water partition coefficient (Wildman–Crippen LogP) is 0.953. The van der Waals surface area contributed by atoms with Crippen molar-refractivity contribution in [2.24, 2.45) is 5.92 Å². The van der Waals surface area contributed by atoms with Crippen LogP contribution in [-0.4, -0.2) is 51.3 Å². The van der Waals surface area contributed by atoms with Crippen LogP contribution in [0.5, 0.6) is 0 Å². The highest BCUT2D eigenvalue weighted by atomic mass is 16.5. The molecule has 1 fully saturated rings. The Balaban J connectivity index is 2.21. The number of rotatable bonds is 5. The lowest BCUT2D eigenvalue weighted by Gasteiger charge is -2.36. The van der Waals surface area contributed by atoms with Crippen LogP contribution in [0.4, 0.5) is 0 Å². The molecule has 1 rings (SSSR count). The minimum absolute atomic E-state index is 0.443. The molecule has 0 amide bonds. The van der Waals surface area contributed by atoms with Crippen molar-refractivity contribution in [3.05, 3.63) is 0 Å². The lowest BCUT2D eigenvalue weighted by molar-refractivity contribution is -0.00502. The molecule has 1 N–H and O–H groups in total. The third kappa shape index (κ3) is 3.56.